The minimum atomic E-state index is -4.26. The van der Waals surface area contributed by atoms with Gasteiger partial charge >= 0.3 is 6.18 Å². The van der Waals surface area contributed by atoms with Crippen molar-refractivity contribution in [3.8, 4) is 0 Å². The van der Waals surface area contributed by atoms with Gasteiger partial charge in [-0.3, -0.25) is 4.21 Å². The Balaban J connectivity index is 2.58. The highest BCUT2D eigenvalue weighted by molar-refractivity contribution is 7.85. The predicted octanol–water partition coefficient (Wildman–Crippen LogP) is 2.86. The molecule has 1 atom stereocenters. The number of alkyl halides is 3. The maximum absolute atomic E-state index is 12.9. The highest BCUT2D eigenvalue weighted by Crippen LogP contribution is 2.22. The lowest BCUT2D eigenvalue weighted by Crippen LogP contribution is -2.09. The predicted molar refractivity (Wildman–Crippen MR) is 57.4 cm³/mol. The number of nitrogen functional groups attached to an aromatic ring is 1. The van der Waals surface area contributed by atoms with Crippen molar-refractivity contribution >= 4 is 16.5 Å². The van der Waals surface area contributed by atoms with Crippen molar-refractivity contribution in [1.82, 2.24) is 0 Å². The molecule has 1 unspecified atom stereocenters. The molecule has 2 N–H and O–H groups in total. The molecular formula is C10H11F4NOS. The Morgan fingerprint density at radius 3 is 2.41 bits per heavy atom. The number of rotatable bonds is 4. The highest BCUT2D eigenvalue weighted by atomic mass is 32.2. The van der Waals surface area contributed by atoms with Crippen molar-refractivity contribution in [1.29, 1.82) is 0 Å². The Hall–Kier alpha value is -1.11. The van der Waals surface area contributed by atoms with Crippen molar-refractivity contribution in [2.75, 3.05) is 11.5 Å². The van der Waals surface area contributed by atoms with Gasteiger partial charge in [0.1, 0.15) is 5.82 Å². The van der Waals surface area contributed by atoms with Crippen LogP contribution in [0.5, 0.6) is 0 Å². The van der Waals surface area contributed by atoms with Gasteiger partial charge in [0.15, 0.2) is 0 Å². The highest BCUT2D eigenvalue weighted by Gasteiger charge is 2.26. The van der Waals surface area contributed by atoms with Gasteiger partial charge in [0.25, 0.3) is 0 Å². The average Bonchev–Trinajstić information content (AvgIpc) is 2.13. The second-order valence-corrected chi connectivity index (χ2v) is 5.06. The van der Waals surface area contributed by atoms with Crippen LogP contribution in [0.15, 0.2) is 23.1 Å². The van der Waals surface area contributed by atoms with E-state index in [4.69, 9.17) is 5.73 Å². The first-order valence-electron chi connectivity index (χ1n) is 4.79. The summed E-state index contributed by atoms with van der Waals surface area (Å²) in [6.07, 6.45) is -5.51. The topological polar surface area (TPSA) is 43.1 Å². The molecule has 1 rings (SSSR count). The molecule has 0 bridgehead atoms. The zero-order valence-corrected chi connectivity index (χ0v) is 9.58. The van der Waals surface area contributed by atoms with Gasteiger partial charge in [0, 0.05) is 22.8 Å². The number of anilines is 1. The molecular weight excluding hydrogens is 258 g/mol. The largest absolute Gasteiger partial charge is 0.399 e. The zero-order valence-electron chi connectivity index (χ0n) is 8.76. The summed E-state index contributed by atoms with van der Waals surface area (Å²) in [7, 11) is -1.66. The SMILES string of the molecule is Nc1cc(F)cc(S(=O)CCCC(F)(F)F)c1. The van der Waals surface area contributed by atoms with Crippen LogP contribution in [0, 0.1) is 5.82 Å². The van der Waals surface area contributed by atoms with Gasteiger partial charge in [-0.25, -0.2) is 4.39 Å². The van der Waals surface area contributed by atoms with Crippen molar-refractivity contribution in [3.05, 3.63) is 24.0 Å². The van der Waals surface area contributed by atoms with E-state index >= 15 is 0 Å². The quantitative estimate of drug-likeness (QED) is 0.674. The van der Waals surface area contributed by atoms with Crippen LogP contribution in [0.3, 0.4) is 0 Å². The first kappa shape index (κ1) is 14.0. The van der Waals surface area contributed by atoms with Gasteiger partial charge in [-0.15, -0.1) is 0 Å². The Bertz CT molecular complexity index is 399. The lowest BCUT2D eigenvalue weighted by atomic mass is 10.3. The summed E-state index contributed by atoms with van der Waals surface area (Å²) in [4.78, 5) is 0.115. The van der Waals surface area contributed by atoms with Gasteiger partial charge in [0.2, 0.25) is 0 Å². The number of hydrogen-bond acceptors (Lipinski definition) is 2. The molecule has 1 aromatic rings. The molecule has 0 aliphatic heterocycles. The third-order valence-corrected chi connectivity index (χ3v) is 3.37. The molecule has 0 heterocycles. The Morgan fingerprint density at radius 1 is 1.24 bits per heavy atom. The van der Waals surface area contributed by atoms with Gasteiger partial charge in [-0.05, 0) is 24.6 Å². The van der Waals surface area contributed by atoms with E-state index in [1.165, 1.54) is 6.07 Å². The summed E-state index contributed by atoms with van der Waals surface area (Å²) >= 11 is 0. The fraction of sp³-hybridized carbons (Fsp3) is 0.400. The van der Waals surface area contributed by atoms with Crippen LogP contribution in [0.2, 0.25) is 0 Å². The molecule has 0 saturated heterocycles. The van der Waals surface area contributed by atoms with Crippen LogP contribution in [0.1, 0.15) is 12.8 Å². The maximum atomic E-state index is 12.9. The smallest absolute Gasteiger partial charge is 0.389 e. The second-order valence-electron chi connectivity index (χ2n) is 3.49. The minimum absolute atomic E-state index is 0.101. The van der Waals surface area contributed by atoms with Gasteiger partial charge in [0.05, 0.1) is 10.8 Å². The molecule has 2 nitrogen and oxygen atoms in total. The van der Waals surface area contributed by atoms with E-state index in [0.29, 0.717) is 0 Å². The number of nitrogens with two attached hydrogens (primary N) is 1. The molecule has 96 valence electrons. The van der Waals surface area contributed by atoms with Crippen molar-refractivity contribution < 1.29 is 21.8 Å². The fourth-order valence-electron chi connectivity index (χ4n) is 1.24. The fourth-order valence-corrected chi connectivity index (χ4v) is 2.39. The van der Waals surface area contributed by atoms with E-state index in [1.807, 2.05) is 0 Å². The van der Waals surface area contributed by atoms with E-state index < -0.39 is 29.2 Å². The first-order valence-corrected chi connectivity index (χ1v) is 6.11. The number of hydrogen-bond donors (Lipinski definition) is 1. The van der Waals surface area contributed by atoms with E-state index in [2.05, 4.69) is 0 Å². The van der Waals surface area contributed by atoms with Gasteiger partial charge in [-0.2, -0.15) is 13.2 Å². The van der Waals surface area contributed by atoms with Crippen LogP contribution >= 0.6 is 0 Å². The average molecular weight is 269 g/mol. The van der Waals surface area contributed by atoms with Crippen LogP contribution in [0.4, 0.5) is 23.2 Å². The van der Waals surface area contributed by atoms with E-state index in [-0.39, 0.29) is 22.8 Å². The van der Waals surface area contributed by atoms with Crippen molar-refractivity contribution in [2.45, 2.75) is 23.9 Å². The molecule has 0 aromatic heterocycles. The zero-order chi connectivity index (χ0) is 13.1. The van der Waals surface area contributed by atoms with Crippen LogP contribution in [0.25, 0.3) is 0 Å². The standard InChI is InChI=1S/C10H11F4NOS/c11-7-4-8(15)6-9(5-7)17(16)3-1-2-10(12,13)14/h4-6H,1-3,15H2. The summed E-state index contributed by atoms with van der Waals surface area (Å²) in [5, 5.41) is 0. The maximum Gasteiger partial charge on any atom is 0.389 e. The van der Waals surface area contributed by atoms with Crippen LogP contribution in [-0.4, -0.2) is 16.1 Å². The first-order chi connectivity index (χ1) is 7.78. The molecule has 0 radical (unpaired) electrons. The molecule has 0 aliphatic rings. The molecule has 7 heteroatoms. The lowest BCUT2D eigenvalue weighted by Gasteiger charge is -2.06. The van der Waals surface area contributed by atoms with Gasteiger partial charge < -0.3 is 5.73 Å². The van der Waals surface area contributed by atoms with E-state index in [0.717, 1.165) is 12.1 Å². The van der Waals surface area contributed by atoms with Crippen LogP contribution in [-0.2, 0) is 10.8 Å². The summed E-state index contributed by atoms with van der Waals surface area (Å²) < 4.78 is 60.0. The Kier molecular flexibility index (Phi) is 4.50. The summed E-state index contributed by atoms with van der Waals surface area (Å²) in [6.45, 7) is 0. The molecule has 0 amide bonds. The summed E-state index contributed by atoms with van der Waals surface area (Å²) in [5.41, 5.74) is 5.44. The molecule has 0 fully saturated rings. The third-order valence-electron chi connectivity index (χ3n) is 1.95. The lowest BCUT2D eigenvalue weighted by molar-refractivity contribution is -0.134. The Labute approximate surface area is 98.3 Å². The molecule has 0 saturated carbocycles. The summed E-state index contributed by atoms with van der Waals surface area (Å²) in [6, 6.07) is 3.36. The normalized spacial score (nSPS) is 13.6. The molecule has 1 aromatic carbocycles. The molecule has 17 heavy (non-hydrogen) atoms. The van der Waals surface area contributed by atoms with Crippen molar-refractivity contribution in [2.24, 2.45) is 0 Å². The van der Waals surface area contributed by atoms with Crippen LogP contribution < -0.4 is 5.73 Å². The molecule has 0 spiro atoms. The number of halogens is 4. The third kappa shape index (κ3) is 5.16. The number of benzene rings is 1. The van der Waals surface area contributed by atoms with E-state index in [9.17, 15) is 21.8 Å². The van der Waals surface area contributed by atoms with E-state index in [1.54, 1.807) is 0 Å². The Morgan fingerprint density at radius 2 is 1.88 bits per heavy atom. The molecule has 0 aliphatic carbocycles. The second kappa shape index (κ2) is 5.48. The monoisotopic (exact) mass is 269 g/mol. The minimum Gasteiger partial charge on any atom is -0.399 e. The van der Waals surface area contributed by atoms with Crippen molar-refractivity contribution in [3.63, 3.8) is 0 Å². The van der Waals surface area contributed by atoms with Gasteiger partial charge in [-0.1, -0.05) is 0 Å². The summed E-state index contributed by atoms with van der Waals surface area (Å²) in [5.74, 6) is -0.813.